The van der Waals surface area contributed by atoms with Gasteiger partial charge in [0.2, 0.25) is 0 Å². The van der Waals surface area contributed by atoms with E-state index in [2.05, 4.69) is 6.08 Å². The van der Waals surface area contributed by atoms with E-state index >= 15 is 0 Å². The maximum atomic E-state index is 14.8. The first-order valence-corrected chi connectivity index (χ1v) is 13.6. The molecule has 2 saturated heterocycles. The van der Waals surface area contributed by atoms with Crippen LogP contribution in [0.5, 0.6) is 0 Å². The normalized spacial score (nSPS) is 35.0. The summed E-state index contributed by atoms with van der Waals surface area (Å²) in [6, 6.07) is 8.74. The third-order valence-corrected chi connectivity index (χ3v) is 8.78. The maximum absolute atomic E-state index is 14.8. The van der Waals surface area contributed by atoms with Crippen molar-refractivity contribution in [1.82, 2.24) is 0 Å². The van der Waals surface area contributed by atoms with Gasteiger partial charge < -0.3 is 14.9 Å². The summed E-state index contributed by atoms with van der Waals surface area (Å²) >= 11 is 0. The molecule has 38 heavy (non-hydrogen) atoms. The van der Waals surface area contributed by atoms with Crippen LogP contribution in [0.4, 0.5) is 0 Å². The van der Waals surface area contributed by atoms with Crippen molar-refractivity contribution in [3.05, 3.63) is 76.4 Å². The number of fused-ring (bicyclic) bond motifs is 1. The van der Waals surface area contributed by atoms with Crippen LogP contribution >= 0.6 is 0 Å². The molecule has 2 aliphatic heterocycles. The molecule has 2 heterocycles. The summed E-state index contributed by atoms with van der Waals surface area (Å²) in [4.78, 5) is 29.3. The number of carbonyl (C=O) groups excluding carboxylic acids is 2. The van der Waals surface area contributed by atoms with E-state index in [1.165, 1.54) is 0 Å². The van der Waals surface area contributed by atoms with Crippen LogP contribution in [0, 0.1) is 16.7 Å². The van der Waals surface area contributed by atoms with Crippen LogP contribution in [0.15, 0.2) is 70.9 Å². The van der Waals surface area contributed by atoms with Crippen molar-refractivity contribution in [3.63, 3.8) is 0 Å². The van der Waals surface area contributed by atoms with Gasteiger partial charge in [0, 0.05) is 5.56 Å². The monoisotopic (exact) mass is 518 g/mol. The van der Waals surface area contributed by atoms with Crippen molar-refractivity contribution < 1.29 is 24.5 Å². The molecule has 1 aliphatic carbocycles. The fraction of sp³-hybridized carbons (Fsp3) is 0.515. The minimum absolute atomic E-state index is 0.206. The fourth-order valence-corrected chi connectivity index (χ4v) is 7.05. The Balaban J connectivity index is 2.11. The predicted molar refractivity (Wildman–Crippen MR) is 150 cm³/mol. The average Bonchev–Trinajstić information content (AvgIpc) is 3.06. The number of Topliss-reactive ketones (excluding diaryl/α,β-unsaturated/α-hetero) is 2. The van der Waals surface area contributed by atoms with Crippen LogP contribution in [0.2, 0.25) is 0 Å². The SMILES string of the molecule is CC(C)=CCC1C[C@@]2(C)C[C@@]3(CC=C(C)C)C(=O)/C(=C(/O)c4ccccc4)C(=O)[C@]1(CC=C(C)C)[C@@]3(O)O2. The summed E-state index contributed by atoms with van der Waals surface area (Å²) in [7, 11) is 0. The molecular weight excluding hydrogens is 476 g/mol. The molecule has 2 N–H and O–H groups in total. The van der Waals surface area contributed by atoms with Gasteiger partial charge in [-0.15, -0.1) is 0 Å². The summed E-state index contributed by atoms with van der Waals surface area (Å²) in [5.74, 6) is -3.67. The Labute approximate surface area is 227 Å². The van der Waals surface area contributed by atoms with Gasteiger partial charge in [0.05, 0.1) is 16.4 Å². The Morgan fingerprint density at radius 2 is 1.50 bits per heavy atom. The maximum Gasteiger partial charge on any atom is 0.193 e. The van der Waals surface area contributed by atoms with Gasteiger partial charge in [-0.25, -0.2) is 0 Å². The van der Waals surface area contributed by atoms with Gasteiger partial charge in [0.1, 0.15) is 11.3 Å². The minimum atomic E-state index is -2.01. The predicted octanol–water partition coefficient (Wildman–Crippen LogP) is 7.04. The van der Waals surface area contributed by atoms with Crippen LogP contribution in [0.25, 0.3) is 5.76 Å². The number of allylic oxidation sites excluding steroid dienone is 7. The third-order valence-electron chi connectivity index (χ3n) is 8.78. The summed E-state index contributed by atoms with van der Waals surface area (Å²) in [6.07, 6.45) is 7.85. The molecule has 4 rings (SSSR count). The van der Waals surface area contributed by atoms with E-state index in [9.17, 15) is 19.8 Å². The second-order valence-electron chi connectivity index (χ2n) is 12.6. The molecule has 1 aromatic carbocycles. The van der Waals surface area contributed by atoms with E-state index in [0.29, 0.717) is 18.4 Å². The molecule has 0 amide bonds. The van der Waals surface area contributed by atoms with Gasteiger partial charge in [-0.3, -0.25) is 9.59 Å². The highest BCUT2D eigenvalue weighted by Crippen LogP contribution is 2.72. The molecule has 1 unspecified atom stereocenters. The topological polar surface area (TPSA) is 83.8 Å². The third kappa shape index (κ3) is 4.15. The molecule has 5 nitrogen and oxygen atoms in total. The highest BCUT2D eigenvalue weighted by atomic mass is 16.7. The van der Waals surface area contributed by atoms with Gasteiger partial charge in [-0.2, -0.15) is 0 Å². The number of rotatable bonds is 7. The molecule has 5 atom stereocenters. The largest absolute Gasteiger partial charge is 0.506 e. The molecule has 204 valence electrons. The van der Waals surface area contributed by atoms with Crippen molar-refractivity contribution >= 4 is 17.3 Å². The minimum Gasteiger partial charge on any atom is -0.506 e. The number of hydrogen-bond acceptors (Lipinski definition) is 5. The van der Waals surface area contributed by atoms with E-state index in [-0.39, 0.29) is 36.5 Å². The zero-order valence-electron chi connectivity index (χ0n) is 23.9. The summed E-state index contributed by atoms with van der Waals surface area (Å²) in [5, 5.41) is 24.3. The van der Waals surface area contributed by atoms with Crippen LogP contribution in [0.3, 0.4) is 0 Å². The molecular formula is C33H42O5. The lowest BCUT2D eigenvalue weighted by Gasteiger charge is -2.59. The van der Waals surface area contributed by atoms with E-state index < -0.39 is 33.8 Å². The average molecular weight is 519 g/mol. The van der Waals surface area contributed by atoms with Crippen LogP contribution in [-0.2, 0) is 14.3 Å². The molecule has 1 aromatic rings. The van der Waals surface area contributed by atoms with Crippen molar-refractivity contribution in [1.29, 1.82) is 0 Å². The van der Waals surface area contributed by atoms with Gasteiger partial charge in [-0.1, -0.05) is 65.3 Å². The van der Waals surface area contributed by atoms with Crippen LogP contribution in [-0.4, -0.2) is 33.2 Å². The Bertz CT molecular complexity index is 1260. The second kappa shape index (κ2) is 9.77. The first kappa shape index (κ1) is 28.3. The number of benzene rings is 1. The van der Waals surface area contributed by atoms with Crippen molar-refractivity contribution in [2.45, 2.75) is 92.0 Å². The second-order valence-corrected chi connectivity index (χ2v) is 12.6. The quantitative estimate of drug-likeness (QED) is 0.175. The Morgan fingerprint density at radius 1 is 0.921 bits per heavy atom. The summed E-state index contributed by atoms with van der Waals surface area (Å²) in [6.45, 7) is 13.8. The molecule has 1 saturated carbocycles. The van der Waals surface area contributed by atoms with Crippen molar-refractivity contribution in [3.8, 4) is 0 Å². The number of carbonyl (C=O) groups is 2. The lowest BCUT2D eigenvalue weighted by Crippen LogP contribution is -2.72. The standard InChI is InChI=1S/C33H42O5/c1-21(2)13-14-25-19-30(7)20-31(17-15-22(3)4)28(35)26(27(34)24-11-9-8-10-12-24)29(36)32(25,18-16-23(5)6)33(31,37)38-30/h8-13,15-16,25,34,37H,14,17-20H2,1-7H3/b27-26-/t25?,30-,31-,32+,33-/m0/s1. The van der Waals surface area contributed by atoms with Gasteiger partial charge in [-0.05, 0) is 86.5 Å². The Hall–Kier alpha value is -2.76. The van der Waals surface area contributed by atoms with E-state index in [4.69, 9.17) is 4.74 Å². The highest BCUT2D eigenvalue weighted by Gasteiger charge is 2.83. The number of ether oxygens (including phenoxy) is 1. The summed E-state index contributed by atoms with van der Waals surface area (Å²) < 4.78 is 6.55. The Kier molecular flexibility index (Phi) is 7.26. The first-order chi connectivity index (χ1) is 17.7. The van der Waals surface area contributed by atoms with Crippen LogP contribution in [0.1, 0.15) is 86.1 Å². The molecule has 5 heteroatoms. The lowest BCUT2D eigenvalue weighted by atomic mass is 9.48. The molecule has 0 spiro atoms. The van der Waals surface area contributed by atoms with E-state index in [0.717, 1.165) is 16.7 Å². The molecule has 3 fully saturated rings. The fourth-order valence-electron chi connectivity index (χ4n) is 7.05. The molecule has 0 aromatic heterocycles. The van der Waals surface area contributed by atoms with E-state index in [1.807, 2.05) is 66.7 Å². The van der Waals surface area contributed by atoms with E-state index in [1.54, 1.807) is 24.3 Å². The van der Waals surface area contributed by atoms with Gasteiger partial charge in [0.15, 0.2) is 17.4 Å². The summed E-state index contributed by atoms with van der Waals surface area (Å²) in [5.41, 5.74) is -0.287. The number of aliphatic hydroxyl groups is 2. The Morgan fingerprint density at radius 3 is 2.08 bits per heavy atom. The number of aliphatic hydroxyl groups excluding tert-OH is 1. The smallest absolute Gasteiger partial charge is 0.193 e. The van der Waals surface area contributed by atoms with Crippen molar-refractivity contribution in [2.24, 2.45) is 16.7 Å². The highest BCUT2D eigenvalue weighted by molar-refractivity contribution is 6.30. The molecule has 0 radical (unpaired) electrons. The first-order valence-electron chi connectivity index (χ1n) is 13.6. The van der Waals surface area contributed by atoms with Gasteiger partial charge in [0.25, 0.3) is 0 Å². The van der Waals surface area contributed by atoms with Gasteiger partial charge >= 0.3 is 0 Å². The molecule has 2 bridgehead atoms. The van der Waals surface area contributed by atoms with Crippen LogP contribution < -0.4 is 0 Å². The zero-order chi connectivity index (χ0) is 28.1. The lowest BCUT2D eigenvalue weighted by molar-refractivity contribution is -0.340. The number of ketones is 2. The molecule has 3 aliphatic rings. The number of hydrogen-bond donors (Lipinski definition) is 2. The van der Waals surface area contributed by atoms with Crippen molar-refractivity contribution in [2.75, 3.05) is 0 Å². The zero-order valence-corrected chi connectivity index (χ0v) is 23.9.